The summed E-state index contributed by atoms with van der Waals surface area (Å²) in [5.74, 6) is 1.61. The summed E-state index contributed by atoms with van der Waals surface area (Å²) >= 11 is 0. The van der Waals surface area contributed by atoms with Gasteiger partial charge in [-0.2, -0.15) is 0 Å². The highest BCUT2D eigenvalue weighted by Crippen LogP contribution is 2.18. The van der Waals surface area contributed by atoms with E-state index in [-0.39, 0.29) is 0 Å². The molecule has 0 aromatic carbocycles. The lowest BCUT2D eigenvalue weighted by Crippen LogP contribution is -2.33. The van der Waals surface area contributed by atoms with Gasteiger partial charge in [-0.15, -0.1) is 0 Å². The van der Waals surface area contributed by atoms with Gasteiger partial charge in [-0.05, 0) is 38.3 Å². The first kappa shape index (κ1) is 13.0. The predicted molar refractivity (Wildman–Crippen MR) is 67.1 cm³/mol. The second kappa shape index (κ2) is 6.49. The third kappa shape index (κ3) is 6.16. The summed E-state index contributed by atoms with van der Waals surface area (Å²) in [5.41, 5.74) is 0. The van der Waals surface area contributed by atoms with Crippen molar-refractivity contribution >= 4 is 0 Å². The maximum Gasteiger partial charge on any atom is 0.00683 e. The van der Waals surface area contributed by atoms with Crippen LogP contribution in [0.25, 0.3) is 0 Å². The quantitative estimate of drug-likeness (QED) is 0.664. The van der Waals surface area contributed by atoms with Gasteiger partial charge in [-0.3, -0.25) is 0 Å². The molecule has 0 spiro atoms. The van der Waals surface area contributed by atoms with Gasteiger partial charge in [0.15, 0.2) is 0 Å². The Morgan fingerprint density at radius 2 is 1.80 bits per heavy atom. The molecule has 0 bridgehead atoms. The smallest absolute Gasteiger partial charge is 0.00683 e. The molecule has 2 unspecified atom stereocenters. The lowest BCUT2D eigenvalue weighted by atomic mass is 10.1. The third-order valence-corrected chi connectivity index (χ3v) is 3.28. The van der Waals surface area contributed by atoms with Crippen molar-refractivity contribution in [3.8, 4) is 0 Å². The van der Waals surface area contributed by atoms with Crippen LogP contribution in [-0.2, 0) is 0 Å². The molecule has 2 nitrogen and oxygen atoms in total. The molecule has 2 heteroatoms. The SMILES string of the molecule is CCC(C)CN(C)CC(C)CNC1CC1. The van der Waals surface area contributed by atoms with Crippen molar-refractivity contribution < 1.29 is 0 Å². The summed E-state index contributed by atoms with van der Waals surface area (Å²) in [6, 6.07) is 0.854. The van der Waals surface area contributed by atoms with Crippen molar-refractivity contribution in [2.24, 2.45) is 11.8 Å². The summed E-state index contributed by atoms with van der Waals surface area (Å²) < 4.78 is 0. The largest absolute Gasteiger partial charge is 0.314 e. The Labute approximate surface area is 95.4 Å². The summed E-state index contributed by atoms with van der Waals surface area (Å²) in [6.45, 7) is 10.6. The average molecular weight is 212 g/mol. The molecule has 90 valence electrons. The van der Waals surface area contributed by atoms with Crippen molar-refractivity contribution in [3.63, 3.8) is 0 Å². The maximum atomic E-state index is 3.60. The first-order valence-corrected chi connectivity index (χ1v) is 6.53. The van der Waals surface area contributed by atoms with E-state index in [0.29, 0.717) is 0 Å². The Hall–Kier alpha value is -0.0800. The zero-order valence-corrected chi connectivity index (χ0v) is 10.9. The van der Waals surface area contributed by atoms with Gasteiger partial charge in [0.05, 0.1) is 0 Å². The minimum atomic E-state index is 0.777. The first-order valence-electron chi connectivity index (χ1n) is 6.53. The highest BCUT2D eigenvalue weighted by atomic mass is 15.1. The van der Waals surface area contributed by atoms with E-state index in [2.05, 4.69) is 38.0 Å². The van der Waals surface area contributed by atoms with Gasteiger partial charge in [-0.1, -0.05) is 27.2 Å². The molecule has 0 aliphatic heterocycles. The van der Waals surface area contributed by atoms with Gasteiger partial charge in [0, 0.05) is 19.1 Å². The van der Waals surface area contributed by atoms with Crippen LogP contribution in [-0.4, -0.2) is 37.6 Å². The minimum absolute atomic E-state index is 0.777. The van der Waals surface area contributed by atoms with Crippen molar-refractivity contribution in [3.05, 3.63) is 0 Å². The molecule has 1 saturated carbocycles. The zero-order chi connectivity index (χ0) is 11.3. The number of nitrogens with zero attached hydrogens (tertiary/aromatic N) is 1. The molecule has 0 saturated heterocycles. The van der Waals surface area contributed by atoms with Gasteiger partial charge < -0.3 is 10.2 Å². The lowest BCUT2D eigenvalue weighted by Gasteiger charge is -2.24. The van der Waals surface area contributed by atoms with Crippen LogP contribution in [0.4, 0.5) is 0 Å². The van der Waals surface area contributed by atoms with Crippen LogP contribution in [0.5, 0.6) is 0 Å². The van der Waals surface area contributed by atoms with Crippen LogP contribution in [0.15, 0.2) is 0 Å². The van der Waals surface area contributed by atoms with E-state index >= 15 is 0 Å². The van der Waals surface area contributed by atoms with E-state index in [0.717, 1.165) is 17.9 Å². The first-order chi connectivity index (χ1) is 7.11. The van der Waals surface area contributed by atoms with Gasteiger partial charge in [0.1, 0.15) is 0 Å². The summed E-state index contributed by atoms with van der Waals surface area (Å²) in [7, 11) is 2.25. The molecule has 0 amide bonds. The van der Waals surface area contributed by atoms with E-state index in [4.69, 9.17) is 0 Å². The predicted octanol–water partition coefficient (Wildman–Crippen LogP) is 2.35. The minimum Gasteiger partial charge on any atom is -0.314 e. The molecule has 1 rings (SSSR count). The summed E-state index contributed by atoms with van der Waals surface area (Å²) in [5, 5.41) is 3.60. The van der Waals surface area contributed by atoms with E-state index in [1.54, 1.807) is 0 Å². The summed E-state index contributed by atoms with van der Waals surface area (Å²) in [4.78, 5) is 2.48. The zero-order valence-electron chi connectivity index (χ0n) is 10.9. The Morgan fingerprint density at radius 1 is 1.20 bits per heavy atom. The molecule has 0 heterocycles. The molecule has 0 aromatic heterocycles. The van der Waals surface area contributed by atoms with Gasteiger partial charge in [0.2, 0.25) is 0 Å². The van der Waals surface area contributed by atoms with Crippen molar-refractivity contribution in [2.45, 2.75) is 46.1 Å². The van der Waals surface area contributed by atoms with Gasteiger partial charge in [-0.25, -0.2) is 0 Å². The maximum absolute atomic E-state index is 3.60. The molecular formula is C13H28N2. The highest BCUT2D eigenvalue weighted by molar-refractivity contribution is 4.81. The Bertz CT molecular complexity index is 166. The molecular weight excluding hydrogens is 184 g/mol. The second-order valence-electron chi connectivity index (χ2n) is 5.52. The third-order valence-electron chi connectivity index (χ3n) is 3.28. The van der Waals surface area contributed by atoms with Crippen LogP contribution in [0.1, 0.15) is 40.0 Å². The fraction of sp³-hybridized carbons (Fsp3) is 1.00. The molecule has 0 aromatic rings. The van der Waals surface area contributed by atoms with Crippen molar-refractivity contribution in [1.82, 2.24) is 10.2 Å². The van der Waals surface area contributed by atoms with Crippen LogP contribution in [0, 0.1) is 11.8 Å². The lowest BCUT2D eigenvalue weighted by molar-refractivity contribution is 0.245. The Balaban J connectivity index is 2.03. The summed E-state index contributed by atoms with van der Waals surface area (Å²) in [6.07, 6.45) is 4.09. The second-order valence-corrected chi connectivity index (χ2v) is 5.52. The van der Waals surface area contributed by atoms with E-state index < -0.39 is 0 Å². The van der Waals surface area contributed by atoms with Crippen molar-refractivity contribution in [1.29, 1.82) is 0 Å². The molecule has 0 radical (unpaired) electrons. The highest BCUT2D eigenvalue weighted by Gasteiger charge is 2.21. The molecule has 1 N–H and O–H groups in total. The number of nitrogens with one attached hydrogen (secondary N) is 1. The Kier molecular flexibility index (Phi) is 5.62. The van der Waals surface area contributed by atoms with E-state index in [1.807, 2.05) is 0 Å². The average Bonchev–Trinajstić information content (AvgIpc) is 2.97. The van der Waals surface area contributed by atoms with Crippen LogP contribution in [0.2, 0.25) is 0 Å². The molecule has 1 aliphatic carbocycles. The molecule has 15 heavy (non-hydrogen) atoms. The molecule has 1 aliphatic rings. The number of hydrogen-bond acceptors (Lipinski definition) is 2. The van der Waals surface area contributed by atoms with Crippen LogP contribution in [0.3, 0.4) is 0 Å². The normalized spacial score (nSPS) is 20.6. The van der Waals surface area contributed by atoms with Gasteiger partial charge >= 0.3 is 0 Å². The molecule has 2 atom stereocenters. The number of rotatable bonds is 8. The van der Waals surface area contributed by atoms with Gasteiger partial charge in [0.25, 0.3) is 0 Å². The van der Waals surface area contributed by atoms with Crippen molar-refractivity contribution in [2.75, 3.05) is 26.7 Å². The fourth-order valence-corrected chi connectivity index (χ4v) is 1.99. The fourth-order valence-electron chi connectivity index (χ4n) is 1.99. The van der Waals surface area contributed by atoms with E-state index in [9.17, 15) is 0 Å². The topological polar surface area (TPSA) is 15.3 Å². The van der Waals surface area contributed by atoms with E-state index in [1.165, 1.54) is 38.9 Å². The number of hydrogen-bond donors (Lipinski definition) is 1. The van der Waals surface area contributed by atoms with Crippen LogP contribution >= 0.6 is 0 Å². The molecule has 1 fully saturated rings. The monoisotopic (exact) mass is 212 g/mol. The van der Waals surface area contributed by atoms with Crippen LogP contribution < -0.4 is 5.32 Å². The Morgan fingerprint density at radius 3 is 2.33 bits per heavy atom. The standard InChI is InChI=1S/C13H28N2/c1-5-11(2)9-15(4)10-12(3)8-14-13-6-7-13/h11-14H,5-10H2,1-4H3.